The Bertz CT molecular complexity index is 935. The van der Waals surface area contributed by atoms with Crippen LogP contribution in [-0.4, -0.2) is 101 Å². The summed E-state index contributed by atoms with van der Waals surface area (Å²) in [5, 5.41) is 0. The number of aryl methyl sites for hydroxylation is 1. The van der Waals surface area contributed by atoms with Gasteiger partial charge in [0.2, 0.25) is 11.8 Å². The SMILES string of the molecule is Cc1ccc(N2CCN(c3nc(N4CCOCC4)nc(N4CCN(C)CC4)c3F)CC2)cc1. The van der Waals surface area contributed by atoms with E-state index in [0.717, 1.165) is 65.4 Å². The summed E-state index contributed by atoms with van der Waals surface area (Å²) in [6, 6.07) is 8.61. The van der Waals surface area contributed by atoms with Gasteiger partial charge in [-0.15, -0.1) is 0 Å². The zero-order valence-corrected chi connectivity index (χ0v) is 19.7. The number of aromatic nitrogens is 2. The lowest BCUT2D eigenvalue weighted by Gasteiger charge is -2.38. The van der Waals surface area contributed by atoms with Gasteiger partial charge in [-0.05, 0) is 26.1 Å². The van der Waals surface area contributed by atoms with Crippen molar-refractivity contribution < 1.29 is 9.13 Å². The number of halogens is 1. The van der Waals surface area contributed by atoms with Crippen LogP contribution in [0.1, 0.15) is 5.56 Å². The predicted molar refractivity (Wildman–Crippen MR) is 130 cm³/mol. The fraction of sp³-hybridized carbons (Fsp3) is 0.583. The second kappa shape index (κ2) is 9.69. The van der Waals surface area contributed by atoms with E-state index in [1.54, 1.807) is 0 Å². The molecule has 3 saturated heterocycles. The van der Waals surface area contributed by atoms with E-state index < -0.39 is 0 Å². The molecule has 2 aromatic rings. The van der Waals surface area contributed by atoms with Crippen molar-refractivity contribution in [2.24, 2.45) is 0 Å². The topological polar surface area (TPSA) is 51.2 Å². The van der Waals surface area contributed by atoms with Gasteiger partial charge in [0.1, 0.15) is 0 Å². The maximum Gasteiger partial charge on any atom is 0.229 e. The average molecular weight is 456 g/mol. The Labute approximate surface area is 195 Å². The smallest absolute Gasteiger partial charge is 0.229 e. The lowest BCUT2D eigenvalue weighted by molar-refractivity contribution is 0.122. The molecule has 5 rings (SSSR count). The number of benzene rings is 1. The van der Waals surface area contributed by atoms with Gasteiger partial charge in [0.25, 0.3) is 0 Å². The van der Waals surface area contributed by atoms with Crippen LogP contribution < -0.4 is 19.6 Å². The average Bonchev–Trinajstić information content (AvgIpc) is 2.86. The van der Waals surface area contributed by atoms with Gasteiger partial charge in [-0.1, -0.05) is 17.7 Å². The van der Waals surface area contributed by atoms with Crippen LogP contribution in [0.4, 0.5) is 27.7 Å². The van der Waals surface area contributed by atoms with Crippen LogP contribution in [0.2, 0.25) is 0 Å². The number of likely N-dealkylation sites (N-methyl/N-ethyl adjacent to an activating group) is 1. The molecule has 0 N–H and O–H groups in total. The first kappa shape index (κ1) is 22.2. The number of rotatable bonds is 4. The van der Waals surface area contributed by atoms with Gasteiger partial charge in [0.15, 0.2) is 11.6 Å². The number of hydrogen-bond donors (Lipinski definition) is 0. The molecular formula is C24H34FN7O. The van der Waals surface area contributed by atoms with Crippen LogP contribution >= 0.6 is 0 Å². The summed E-state index contributed by atoms with van der Waals surface area (Å²) >= 11 is 0. The van der Waals surface area contributed by atoms with Crippen molar-refractivity contribution in [2.75, 3.05) is 105 Å². The normalized spacial score (nSPS) is 20.5. The third-order valence-electron chi connectivity index (χ3n) is 6.88. The molecule has 0 radical (unpaired) electrons. The Hall–Kier alpha value is -2.65. The summed E-state index contributed by atoms with van der Waals surface area (Å²) in [7, 11) is 2.10. The molecule has 3 aliphatic rings. The molecule has 33 heavy (non-hydrogen) atoms. The Kier molecular flexibility index (Phi) is 6.50. The van der Waals surface area contributed by atoms with Crippen LogP contribution in [0.5, 0.6) is 0 Å². The highest BCUT2D eigenvalue weighted by molar-refractivity contribution is 5.59. The summed E-state index contributed by atoms with van der Waals surface area (Å²) in [5.74, 6) is 1.20. The van der Waals surface area contributed by atoms with Gasteiger partial charge in [-0.25, -0.2) is 0 Å². The highest BCUT2D eigenvalue weighted by atomic mass is 19.1. The zero-order chi connectivity index (χ0) is 22.8. The Morgan fingerprint density at radius 1 is 0.697 bits per heavy atom. The highest BCUT2D eigenvalue weighted by Crippen LogP contribution is 2.30. The Balaban J connectivity index is 1.39. The van der Waals surface area contributed by atoms with E-state index in [0.29, 0.717) is 30.8 Å². The van der Waals surface area contributed by atoms with Crippen LogP contribution in [0.15, 0.2) is 24.3 Å². The molecule has 0 aliphatic carbocycles. The minimum atomic E-state index is -0.291. The lowest BCUT2D eigenvalue weighted by Crippen LogP contribution is -2.48. The van der Waals surface area contributed by atoms with E-state index in [4.69, 9.17) is 14.7 Å². The quantitative estimate of drug-likeness (QED) is 0.693. The first-order valence-corrected chi connectivity index (χ1v) is 12.0. The molecule has 1 aromatic heterocycles. The summed E-state index contributed by atoms with van der Waals surface area (Å²) in [6.07, 6.45) is 0. The molecule has 9 heteroatoms. The third-order valence-corrected chi connectivity index (χ3v) is 6.88. The van der Waals surface area contributed by atoms with Gasteiger partial charge >= 0.3 is 0 Å². The van der Waals surface area contributed by atoms with Crippen LogP contribution in [-0.2, 0) is 4.74 Å². The molecule has 0 bridgehead atoms. The summed E-state index contributed by atoms with van der Waals surface area (Å²) in [6.45, 7) is 11.3. The van der Waals surface area contributed by atoms with Crippen molar-refractivity contribution in [3.8, 4) is 0 Å². The molecule has 4 heterocycles. The molecule has 178 valence electrons. The van der Waals surface area contributed by atoms with E-state index in [1.165, 1.54) is 11.3 Å². The molecule has 0 unspecified atom stereocenters. The first-order chi connectivity index (χ1) is 16.1. The number of piperazine rings is 2. The van der Waals surface area contributed by atoms with Crippen LogP contribution in [0.25, 0.3) is 0 Å². The highest BCUT2D eigenvalue weighted by Gasteiger charge is 2.29. The second-order valence-corrected chi connectivity index (χ2v) is 9.18. The third kappa shape index (κ3) is 4.84. The van der Waals surface area contributed by atoms with Gasteiger partial charge in [0, 0.05) is 71.1 Å². The monoisotopic (exact) mass is 455 g/mol. The molecule has 3 aliphatic heterocycles. The van der Waals surface area contributed by atoms with Crippen molar-refractivity contribution in [1.29, 1.82) is 0 Å². The lowest BCUT2D eigenvalue weighted by atomic mass is 10.2. The fourth-order valence-corrected chi connectivity index (χ4v) is 4.69. The van der Waals surface area contributed by atoms with E-state index in [2.05, 4.69) is 62.7 Å². The van der Waals surface area contributed by atoms with E-state index in [1.807, 2.05) is 0 Å². The van der Waals surface area contributed by atoms with Crippen molar-refractivity contribution in [3.05, 3.63) is 35.6 Å². The maximum absolute atomic E-state index is 15.9. The predicted octanol–water partition coefficient (Wildman–Crippen LogP) is 1.84. The van der Waals surface area contributed by atoms with Crippen LogP contribution in [0, 0.1) is 12.7 Å². The standard InChI is InChI=1S/C24H34FN7O/c1-19-3-5-20(6-4-19)29-11-13-31(14-12-29)23-21(25)22(30-9-7-28(2)8-10-30)26-24(27-23)32-15-17-33-18-16-32/h3-6H,7-18H2,1-2H3. The van der Waals surface area contributed by atoms with Gasteiger partial charge in [0.05, 0.1) is 13.2 Å². The number of anilines is 4. The largest absolute Gasteiger partial charge is 0.378 e. The molecule has 1 aromatic carbocycles. The minimum absolute atomic E-state index is 0.291. The Morgan fingerprint density at radius 2 is 1.21 bits per heavy atom. The second-order valence-electron chi connectivity index (χ2n) is 9.18. The maximum atomic E-state index is 15.9. The number of ether oxygens (including phenoxy) is 1. The van der Waals surface area contributed by atoms with E-state index in [9.17, 15) is 0 Å². The van der Waals surface area contributed by atoms with Crippen molar-refractivity contribution in [2.45, 2.75) is 6.92 Å². The zero-order valence-electron chi connectivity index (χ0n) is 19.7. The van der Waals surface area contributed by atoms with E-state index >= 15 is 4.39 Å². The number of hydrogen-bond acceptors (Lipinski definition) is 8. The summed E-state index contributed by atoms with van der Waals surface area (Å²) in [5.41, 5.74) is 2.48. The molecule has 8 nitrogen and oxygen atoms in total. The molecule has 3 fully saturated rings. The summed E-state index contributed by atoms with van der Waals surface area (Å²) < 4.78 is 21.4. The fourth-order valence-electron chi connectivity index (χ4n) is 4.69. The molecule has 0 atom stereocenters. The molecule has 0 amide bonds. The molecule has 0 spiro atoms. The minimum Gasteiger partial charge on any atom is -0.378 e. The Morgan fingerprint density at radius 3 is 1.79 bits per heavy atom. The van der Waals surface area contributed by atoms with Gasteiger partial charge < -0.3 is 29.2 Å². The number of morpholine rings is 1. The van der Waals surface area contributed by atoms with Crippen molar-refractivity contribution in [1.82, 2.24) is 14.9 Å². The molecular weight excluding hydrogens is 421 g/mol. The van der Waals surface area contributed by atoms with Crippen LogP contribution in [0.3, 0.4) is 0 Å². The van der Waals surface area contributed by atoms with E-state index in [-0.39, 0.29) is 5.82 Å². The van der Waals surface area contributed by atoms with Gasteiger partial charge in [-0.2, -0.15) is 14.4 Å². The number of nitrogens with zero attached hydrogens (tertiary/aromatic N) is 7. The summed E-state index contributed by atoms with van der Waals surface area (Å²) in [4.78, 5) is 20.4. The van der Waals surface area contributed by atoms with Crippen molar-refractivity contribution in [3.63, 3.8) is 0 Å². The first-order valence-electron chi connectivity index (χ1n) is 12.0. The molecule has 0 saturated carbocycles. The van der Waals surface area contributed by atoms with Crippen molar-refractivity contribution >= 4 is 23.3 Å². The van der Waals surface area contributed by atoms with Gasteiger partial charge in [-0.3, -0.25) is 0 Å².